The first kappa shape index (κ1) is 9.05. The Hall–Kier alpha value is 0.0500. The maximum absolute atomic E-state index is 4.71. The second-order valence-corrected chi connectivity index (χ2v) is 2.74. The molecule has 0 saturated heterocycles. The Kier molecular flexibility index (Phi) is 3.98. The minimum absolute atomic E-state index is 0.0990. The molecule has 0 aliphatic heterocycles. The smallest absolute Gasteiger partial charge is 0.0698 e. The molecule has 1 atom stereocenters. The largest absolute Gasteiger partial charge is 0.318 e. The van der Waals surface area contributed by atoms with Crippen molar-refractivity contribution in [2.45, 2.75) is 20.3 Å². The van der Waals surface area contributed by atoms with Crippen molar-refractivity contribution in [3.63, 3.8) is 0 Å². The number of rotatable bonds is 4. The van der Waals surface area contributed by atoms with Gasteiger partial charge < -0.3 is 4.18 Å². The fourth-order valence-corrected chi connectivity index (χ4v) is 0.748. The second-order valence-electron chi connectivity index (χ2n) is 2.49. The van der Waals surface area contributed by atoms with Crippen LogP contribution in [0.3, 0.4) is 0 Å². The third-order valence-corrected chi connectivity index (χ3v) is 1.82. The molecule has 0 radical (unpaired) electrons. The SMILES string of the molecule is C=CC(C)(CC)COS. The molecule has 0 aliphatic rings. The summed E-state index contributed by atoms with van der Waals surface area (Å²) in [6.07, 6.45) is 2.94. The van der Waals surface area contributed by atoms with Gasteiger partial charge in [0.2, 0.25) is 0 Å². The van der Waals surface area contributed by atoms with Gasteiger partial charge >= 0.3 is 0 Å². The van der Waals surface area contributed by atoms with E-state index in [-0.39, 0.29) is 5.41 Å². The van der Waals surface area contributed by atoms with E-state index < -0.39 is 0 Å². The van der Waals surface area contributed by atoms with E-state index in [9.17, 15) is 0 Å². The van der Waals surface area contributed by atoms with Crippen LogP contribution in [0.5, 0.6) is 0 Å². The van der Waals surface area contributed by atoms with E-state index in [1.54, 1.807) is 0 Å². The Morgan fingerprint density at radius 2 is 2.33 bits per heavy atom. The maximum atomic E-state index is 4.71. The van der Waals surface area contributed by atoms with E-state index in [2.05, 4.69) is 33.3 Å². The second kappa shape index (κ2) is 3.96. The van der Waals surface area contributed by atoms with Crippen LogP contribution in [-0.4, -0.2) is 6.61 Å². The molecule has 0 fully saturated rings. The zero-order chi connectivity index (χ0) is 7.33. The molecule has 54 valence electrons. The van der Waals surface area contributed by atoms with Crippen LogP contribution in [0.25, 0.3) is 0 Å². The molecular weight excluding hydrogens is 132 g/mol. The molecule has 0 N–H and O–H groups in total. The van der Waals surface area contributed by atoms with Crippen LogP contribution in [0.1, 0.15) is 20.3 Å². The molecule has 0 aromatic carbocycles. The lowest BCUT2D eigenvalue weighted by atomic mass is 9.89. The Labute approximate surface area is 62.7 Å². The van der Waals surface area contributed by atoms with E-state index in [1.165, 1.54) is 0 Å². The summed E-state index contributed by atoms with van der Waals surface area (Å²) < 4.78 is 4.71. The first-order valence-electron chi connectivity index (χ1n) is 3.08. The highest BCUT2D eigenvalue weighted by molar-refractivity contribution is 7.75. The fourth-order valence-electron chi connectivity index (χ4n) is 0.453. The lowest BCUT2D eigenvalue weighted by Crippen LogP contribution is -2.16. The van der Waals surface area contributed by atoms with Gasteiger partial charge in [-0.3, -0.25) is 0 Å². The first-order valence-corrected chi connectivity index (χ1v) is 3.45. The zero-order valence-corrected chi connectivity index (χ0v) is 6.95. The molecule has 0 spiro atoms. The third kappa shape index (κ3) is 2.92. The molecule has 0 saturated carbocycles. The lowest BCUT2D eigenvalue weighted by molar-refractivity contribution is 0.235. The predicted octanol–water partition coefficient (Wildman–Crippen LogP) is 2.45. The van der Waals surface area contributed by atoms with Crippen LogP contribution in [-0.2, 0) is 4.18 Å². The number of thiol groups is 1. The molecule has 0 rings (SSSR count). The van der Waals surface area contributed by atoms with Crippen LogP contribution >= 0.6 is 12.9 Å². The highest BCUT2D eigenvalue weighted by Gasteiger charge is 2.16. The van der Waals surface area contributed by atoms with Crippen LogP contribution in [0, 0.1) is 5.41 Å². The van der Waals surface area contributed by atoms with E-state index >= 15 is 0 Å². The van der Waals surface area contributed by atoms with Crippen molar-refractivity contribution >= 4 is 12.9 Å². The molecule has 0 aromatic rings. The van der Waals surface area contributed by atoms with Crippen molar-refractivity contribution in [1.82, 2.24) is 0 Å². The van der Waals surface area contributed by atoms with Crippen molar-refractivity contribution in [1.29, 1.82) is 0 Å². The normalized spacial score (nSPS) is 16.8. The van der Waals surface area contributed by atoms with Crippen LogP contribution in [0.15, 0.2) is 12.7 Å². The van der Waals surface area contributed by atoms with Gasteiger partial charge in [0.15, 0.2) is 0 Å². The summed E-state index contributed by atoms with van der Waals surface area (Å²) in [7, 11) is 0. The Morgan fingerprint density at radius 3 is 2.44 bits per heavy atom. The highest BCUT2D eigenvalue weighted by atomic mass is 32.1. The molecule has 0 heterocycles. The summed E-state index contributed by atoms with van der Waals surface area (Å²) in [4.78, 5) is 0. The average Bonchev–Trinajstić information content (AvgIpc) is 1.89. The zero-order valence-electron chi connectivity index (χ0n) is 6.05. The van der Waals surface area contributed by atoms with Gasteiger partial charge in [0, 0.05) is 5.41 Å². The third-order valence-electron chi connectivity index (χ3n) is 1.69. The van der Waals surface area contributed by atoms with Gasteiger partial charge in [-0.15, -0.1) is 6.58 Å². The van der Waals surface area contributed by atoms with Crippen molar-refractivity contribution in [3.05, 3.63) is 12.7 Å². The van der Waals surface area contributed by atoms with E-state index in [4.69, 9.17) is 4.18 Å². The highest BCUT2D eigenvalue weighted by Crippen LogP contribution is 2.22. The molecule has 0 bridgehead atoms. The van der Waals surface area contributed by atoms with Gasteiger partial charge in [0.1, 0.15) is 0 Å². The predicted molar refractivity (Wildman–Crippen MR) is 43.5 cm³/mol. The molecule has 1 unspecified atom stereocenters. The molecule has 0 amide bonds. The fraction of sp³-hybridized carbons (Fsp3) is 0.714. The van der Waals surface area contributed by atoms with E-state index in [0.717, 1.165) is 6.42 Å². The molecule has 9 heavy (non-hydrogen) atoms. The average molecular weight is 146 g/mol. The summed E-state index contributed by atoms with van der Waals surface area (Å²) >= 11 is 3.67. The lowest BCUT2D eigenvalue weighted by Gasteiger charge is -2.21. The van der Waals surface area contributed by atoms with Gasteiger partial charge in [0.25, 0.3) is 0 Å². The Morgan fingerprint density at radius 1 is 1.78 bits per heavy atom. The monoisotopic (exact) mass is 146 g/mol. The van der Waals surface area contributed by atoms with E-state index in [1.807, 2.05) is 6.08 Å². The molecule has 0 aromatic heterocycles. The maximum Gasteiger partial charge on any atom is 0.0698 e. The quantitative estimate of drug-likeness (QED) is 0.364. The topological polar surface area (TPSA) is 9.23 Å². The van der Waals surface area contributed by atoms with Crippen molar-refractivity contribution < 1.29 is 4.18 Å². The first-order chi connectivity index (χ1) is 4.18. The van der Waals surface area contributed by atoms with Gasteiger partial charge in [0.05, 0.1) is 6.61 Å². The van der Waals surface area contributed by atoms with Crippen molar-refractivity contribution in [2.75, 3.05) is 6.61 Å². The van der Waals surface area contributed by atoms with Crippen molar-refractivity contribution in [2.24, 2.45) is 5.41 Å². The number of hydrogen-bond acceptors (Lipinski definition) is 2. The van der Waals surface area contributed by atoms with Gasteiger partial charge in [-0.1, -0.05) is 19.9 Å². The van der Waals surface area contributed by atoms with Crippen LogP contribution in [0.2, 0.25) is 0 Å². The van der Waals surface area contributed by atoms with Gasteiger partial charge in [-0.25, -0.2) is 0 Å². The molecule has 1 nitrogen and oxygen atoms in total. The van der Waals surface area contributed by atoms with Crippen molar-refractivity contribution in [3.8, 4) is 0 Å². The minimum Gasteiger partial charge on any atom is -0.318 e. The molecule has 2 heteroatoms. The van der Waals surface area contributed by atoms with Gasteiger partial charge in [-0.05, 0) is 19.3 Å². The summed E-state index contributed by atoms with van der Waals surface area (Å²) in [6, 6.07) is 0. The minimum atomic E-state index is 0.0990. The van der Waals surface area contributed by atoms with Crippen LogP contribution in [0.4, 0.5) is 0 Å². The molecule has 0 aliphatic carbocycles. The summed E-state index contributed by atoms with van der Waals surface area (Å²) in [5, 5.41) is 0. The Balaban J connectivity index is 3.76. The van der Waals surface area contributed by atoms with Crippen LogP contribution < -0.4 is 0 Å². The Bertz CT molecular complexity index is 92.9. The molecular formula is C7H14OS. The standard InChI is InChI=1S/C7H14OS/c1-4-7(3,5-2)6-8-9/h4,9H,1,5-6H2,2-3H3. The van der Waals surface area contributed by atoms with Gasteiger partial charge in [-0.2, -0.15) is 0 Å². The summed E-state index contributed by atoms with van der Waals surface area (Å²) in [5.74, 6) is 0. The summed E-state index contributed by atoms with van der Waals surface area (Å²) in [6.45, 7) is 8.54. The number of hydrogen-bond donors (Lipinski definition) is 1. The summed E-state index contributed by atoms with van der Waals surface area (Å²) in [5.41, 5.74) is 0.0990. The van der Waals surface area contributed by atoms with E-state index in [0.29, 0.717) is 6.61 Å².